The van der Waals surface area contributed by atoms with Crippen LogP contribution in [0, 0.1) is 0 Å². The van der Waals surface area contributed by atoms with Crippen molar-refractivity contribution >= 4 is 16.5 Å². The van der Waals surface area contributed by atoms with Crippen molar-refractivity contribution in [3.05, 3.63) is 52.9 Å². The third kappa shape index (κ3) is 2.92. The second kappa shape index (κ2) is 6.32. The van der Waals surface area contributed by atoms with E-state index >= 15 is 0 Å². The number of anilines is 1. The van der Waals surface area contributed by atoms with E-state index in [1.165, 1.54) is 0 Å². The van der Waals surface area contributed by atoms with Gasteiger partial charge in [0.15, 0.2) is 11.5 Å². The highest BCUT2D eigenvalue weighted by molar-refractivity contribution is 5.87. The maximum Gasteiger partial charge on any atom is 0.344 e. The zero-order valence-electron chi connectivity index (χ0n) is 15.1. The number of nitrogens with zero attached hydrogens (tertiary/aromatic N) is 2. The van der Waals surface area contributed by atoms with Gasteiger partial charge in [-0.05, 0) is 48.8 Å². The molecule has 0 amide bonds. The molecular weight excluding hydrogens is 344 g/mol. The Bertz CT molecular complexity index is 1070. The number of hydrogen-bond donors (Lipinski definition) is 0. The standard InChI is InChI=1S/C21H20N2O4/c1-22-6-8-23(9-7-22)16-4-2-14-10-19(27-21(24)17(14)12-16)15-3-5-18-20(11-15)26-13-25-18/h2-5,10-12H,6-9,13H2,1H3. The molecule has 0 atom stereocenters. The molecule has 2 aliphatic rings. The van der Waals surface area contributed by atoms with Crippen LogP contribution in [0.15, 0.2) is 51.7 Å². The lowest BCUT2D eigenvalue weighted by atomic mass is 10.1. The Morgan fingerprint density at radius 1 is 0.889 bits per heavy atom. The molecule has 1 fully saturated rings. The minimum atomic E-state index is -0.323. The first-order valence-corrected chi connectivity index (χ1v) is 9.09. The topological polar surface area (TPSA) is 55.1 Å². The average molecular weight is 364 g/mol. The van der Waals surface area contributed by atoms with Gasteiger partial charge in [-0.3, -0.25) is 0 Å². The Balaban J connectivity index is 1.52. The third-order valence-corrected chi connectivity index (χ3v) is 5.27. The van der Waals surface area contributed by atoms with Crippen molar-refractivity contribution in [1.82, 2.24) is 4.90 Å². The van der Waals surface area contributed by atoms with E-state index in [2.05, 4.69) is 22.9 Å². The van der Waals surface area contributed by atoms with E-state index in [-0.39, 0.29) is 12.4 Å². The summed E-state index contributed by atoms with van der Waals surface area (Å²) in [7, 11) is 2.13. The zero-order valence-corrected chi connectivity index (χ0v) is 15.1. The molecule has 138 valence electrons. The summed E-state index contributed by atoms with van der Waals surface area (Å²) in [6, 6.07) is 13.5. The van der Waals surface area contributed by atoms with Crippen LogP contribution in [0.1, 0.15) is 0 Å². The van der Waals surface area contributed by atoms with Crippen LogP contribution in [-0.4, -0.2) is 44.9 Å². The molecule has 0 unspecified atom stereocenters. The van der Waals surface area contributed by atoms with Gasteiger partial charge in [-0.1, -0.05) is 6.07 Å². The van der Waals surface area contributed by atoms with E-state index in [0.29, 0.717) is 22.6 Å². The van der Waals surface area contributed by atoms with Crippen LogP contribution in [0.3, 0.4) is 0 Å². The number of fused-ring (bicyclic) bond motifs is 2. The summed E-state index contributed by atoms with van der Waals surface area (Å²) in [5.41, 5.74) is 1.54. The first-order chi connectivity index (χ1) is 13.2. The van der Waals surface area contributed by atoms with Gasteiger partial charge >= 0.3 is 5.63 Å². The lowest BCUT2D eigenvalue weighted by Gasteiger charge is -2.34. The second-order valence-corrected chi connectivity index (χ2v) is 7.03. The monoisotopic (exact) mass is 364 g/mol. The summed E-state index contributed by atoms with van der Waals surface area (Å²) in [4.78, 5) is 17.3. The van der Waals surface area contributed by atoms with Gasteiger partial charge in [0, 0.05) is 37.4 Å². The summed E-state index contributed by atoms with van der Waals surface area (Å²) in [6.45, 7) is 4.19. The molecule has 0 aliphatic carbocycles. The molecule has 3 aromatic rings. The maximum absolute atomic E-state index is 12.6. The minimum absolute atomic E-state index is 0.218. The largest absolute Gasteiger partial charge is 0.454 e. The second-order valence-electron chi connectivity index (χ2n) is 7.03. The predicted octanol–water partition coefficient (Wildman–Crippen LogP) is 2.94. The van der Waals surface area contributed by atoms with E-state index < -0.39 is 0 Å². The fourth-order valence-electron chi connectivity index (χ4n) is 3.63. The summed E-state index contributed by atoms with van der Waals surface area (Å²) in [5.74, 6) is 1.90. The van der Waals surface area contributed by atoms with Gasteiger partial charge in [0.1, 0.15) is 5.76 Å². The van der Waals surface area contributed by atoms with Crippen molar-refractivity contribution in [2.45, 2.75) is 0 Å². The summed E-state index contributed by atoms with van der Waals surface area (Å²) < 4.78 is 16.4. The molecule has 6 nitrogen and oxygen atoms in total. The van der Waals surface area contributed by atoms with Gasteiger partial charge in [-0.15, -0.1) is 0 Å². The number of piperazine rings is 1. The van der Waals surface area contributed by atoms with Crippen molar-refractivity contribution in [3.63, 3.8) is 0 Å². The van der Waals surface area contributed by atoms with Crippen molar-refractivity contribution in [3.8, 4) is 22.8 Å². The molecule has 6 heteroatoms. The molecule has 1 aromatic heterocycles. The highest BCUT2D eigenvalue weighted by Crippen LogP contribution is 2.36. The summed E-state index contributed by atoms with van der Waals surface area (Å²) in [6.07, 6.45) is 0. The van der Waals surface area contributed by atoms with Crippen LogP contribution in [0.4, 0.5) is 5.69 Å². The van der Waals surface area contributed by atoms with Gasteiger partial charge < -0.3 is 23.7 Å². The molecule has 5 rings (SSSR count). The molecule has 0 saturated carbocycles. The van der Waals surface area contributed by atoms with Crippen LogP contribution in [0.25, 0.3) is 22.1 Å². The Morgan fingerprint density at radius 3 is 2.56 bits per heavy atom. The molecule has 3 heterocycles. The lowest BCUT2D eigenvalue weighted by Crippen LogP contribution is -2.44. The summed E-state index contributed by atoms with van der Waals surface area (Å²) >= 11 is 0. The molecule has 0 radical (unpaired) electrons. The minimum Gasteiger partial charge on any atom is -0.454 e. The number of hydrogen-bond acceptors (Lipinski definition) is 6. The van der Waals surface area contributed by atoms with E-state index in [4.69, 9.17) is 13.9 Å². The quantitative estimate of drug-likeness (QED) is 0.697. The van der Waals surface area contributed by atoms with Crippen molar-refractivity contribution in [2.75, 3.05) is 44.9 Å². The highest BCUT2D eigenvalue weighted by Gasteiger charge is 2.17. The Morgan fingerprint density at radius 2 is 1.70 bits per heavy atom. The third-order valence-electron chi connectivity index (χ3n) is 5.27. The van der Waals surface area contributed by atoms with Crippen LogP contribution >= 0.6 is 0 Å². The summed E-state index contributed by atoms with van der Waals surface area (Å²) in [5, 5.41) is 1.48. The van der Waals surface area contributed by atoms with Crippen molar-refractivity contribution in [1.29, 1.82) is 0 Å². The maximum atomic E-state index is 12.6. The average Bonchev–Trinajstić information content (AvgIpc) is 3.16. The Hall–Kier alpha value is -2.99. The van der Waals surface area contributed by atoms with Crippen LogP contribution < -0.4 is 20.0 Å². The zero-order chi connectivity index (χ0) is 18.4. The molecule has 2 aromatic carbocycles. The van der Waals surface area contributed by atoms with Crippen molar-refractivity contribution in [2.24, 2.45) is 0 Å². The molecule has 27 heavy (non-hydrogen) atoms. The molecule has 2 aliphatic heterocycles. The van der Waals surface area contributed by atoms with Gasteiger partial charge in [-0.25, -0.2) is 4.79 Å². The lowest BCUT2D eigenvalue weighted by molar-refractivity contribution is 0.174. The molecule has 0 spiro atoms. The molecule has 0 N–H and O–H groups in total. The van der Waals surface area contributed by atoms with E-state index in [9.17, 15) is 4.79 Å². The van der Waals surface area contributed by atoms with E-state index in [1.54, 1.807) is 0 Å². The number of benzene rings is 2. The van der Waals surface area contributed by atoms with Crippen LogP contribution in [0.5, 0.6) is 11.5 Å². The fraction of sp³-hybridized carbons (Fsp3) is 0.286. The van der Waals surface area contributed by atoms with Gasteiger partial charge in [0.2, 0.25) is 6.79 Å². The molecular formula is C21H20N2O4. The van der Waals surface area contributed by atoms with Gasteiger partial charge in [0.25, 0.3) is 0 Å². The Kier molecular flexibility index (Phi) is 3.79. The van der Waals surface area contributed by atoms with Crippen molar-refractivity contribution < 1.29 is 13.9 Å². The van der Waals surface area contributed by atoms with Crippen LogP contribution in [0.2, 0.25) is 0 Å². The predicted molar refractivity (Wildman–Crippen MR) is 104 cm³/mol. The van der Waals surface area contributed by atoms with E-state index in [0.717, 1.165) is 42.8 Å². The smallest absolute Gasteiger partial charge is 0.344 e. The SMILES string of the molecule is CN1CCN(c2ccc3cc(-c4ccc5c(c4)OCO5)oc(=O)c3c2)CC1. The number of likely N-dealkylation sites (N-methyl/N-ethyl adjacent to an activating group) is 1. The van der Waals surface area contributed by atoms with Gasteiger partial charge in [0.05, 0.1) is 5.39 Å². The molecule has 0 bridgehead atoms. The Labute approximate surface area is 156 Å². The first kappa shape index (κ1) is 16.2. The normalized spacial score (nSPS) is 16.9. The highest BCUT2D eigenvalue weighted by atomic mass is 16.7. The van der Waals surface area contributed by atoms with Crippen LogP contribution in [-0.2, 0) is 0 Å². The number of ether oxygens (including phenoxy) is 2. The van der Waals surface area contributed by atoms with E-state index in [1.807, 2.05) is 36.4 Å². The van der Waals surface area contributed by atoms with Gasteiger partial charge in [-0.2, -0.15) is 0 Å². The number of rotatable bonds is 2. The fourth-order valence-corrected chi connectivity index (χ4v) is 3.63. The molecule has 1 saturated heterocycles. The first-order valence-electron chi connectivity index (χ1n) is 9.09.